The zero-order valence-electron chi connectivity index (χ0n) is 58.9. The summed E-state index contributed by atoms with van der Waals surface area (Å²) in [4.78, 5) is 105. The van der Waals surface area contributed by atoms with Crippen LogP contribution in [0.2, 0.25) is 0 Å². The molecule has 0 aromatic rings. The first-order valence-corrected chi connectivity index (χ1v) is 33.0. The monoisotopic (exact) mass is 1360 g/mol. The minimum absolute atomic E-state index is 0.00347. The van der Waals surface area contributed by atoms with Gasteiger partial charge in [-0.15, -0.1) is 4.89 Å². The number of carbonyl (C=O) groups is 8. The second-order valence-corrected chi connectivity index (χ2v) is 28.9. The molecule has 2 N–H and O–H groups in total. The Kier molecular flexibility index (Phi) is 23.4. The van der Waals surface area contributed by atoms with Crippen LogP contribution >= 0.6 is 0 Å². The number of aliphatic hydroxyl groups is 1. The first kappa shape index (κ1) is 77.1. The fraction of sp³-hybridized carbons (Fsp3) is 0.797. The van der Waals surface area contributed by atoms with Crippen molar-refractivity contribution in [2.45, 2.75) is 284 Å². The van der Waals surface area contributed by atoms with Crippen LogP contribution in [0.3, 0.4) is 0 Å². The Morgan fingerprint density at radius 3 is 1.10 bits per heavy atom. The van der Waals surface area contributed by atoms with E-state index in [1.54, 1.807) is 55.9 Å². The molecular weight excluding hydrogens is 1260 g/mol. The third kappa shape index (κ3) is 16.5. The molecule has 10 unspecified atom stereocenters. The molecule has 0 spiro atoms. The molecule has 14 aliphatic rings. The van der Waals surface area contributed by atoms with E-state index in [4.69, 9.17) is 72.1 Å². The number of rotatable bonds is 13. The van der Waals surface area contributed by atoms with Gasteiger partial charge < -0.3 is 71.4 Å². The van der Waals surface area contributed by atoms with E-state index < -0.39 is 51.7 Å². The molecule has 0 radical (unpaired) electrons. The van der Waals surface area contributed by atoms with Crippen molar-refractivity contribution in [1.82, 2.24) is 0 Å². The van der Waals surface area contributed by atoms with Crippen LogP contribution in [-0.4, -0.2) is 225 Å². The van der Waals surface area contributed by atoms with Crippen LogP contribution in [0, 0.1) is 17.8 Å². The van der Waals surface area contributed by atoms with Crippen LogP contribution < -0.4 is 0 Å². The highest BCUT2D eigenvalue weighted by atomic mass is 17.2. The minimum Gasteiger partial charge on any atom is -0.466 e. The predicted molar refractivity (Wildman–Crippen MR) is 334 cm³/mol. The van der Waals surface area contributed by atoms with Gasteiger partial charge in [-0.05, 0) is 118 Å². The van der Waals surface area contributed by atoms with Crippen LogP contribution in [0.1, 0.15) is 166 Å². The Morgan fingerprint density at radius 1 is 0.458 bits per heavy atom. The molecule has 0 bridgehead atoms. The highest BCUT2D eigenvalue weighted by Crippen LogP contribution is 2.55. The van der Waals surface area contributed by atoms with E-state index >= 15 is 0 Å². The Labute approximate surface area is 561 Å². The average molecular weight is 1360 g/mol. The third-order valence-electron chi connectivity index (χ3n) is 22.6. The van der Waals surface area contributed by atoms with Crippen molar-refractivity contribution in [3.8, 4) is 0 Å². The van der Waals surface area contributed by atoms with Crippen LogP contribution in [-0.2, 0) is 119 Å². The summed E-state index contributed by atoms with van der Waals surface area (Å²) in [5.41, 5.74) is 0.0237. The normalized spacial score (nSPS) is 43.4. The van der Waals surface area contributed by atoms with E-state index in [-0.39, 0.29) is 131 Å². The highest BCUT2D eigenvalue weighted by molar-refractivity contribution is 5.94. The molecule has 7 saturated carbocycles. The van der Waals surface area contributed by atoms with Crippen molar-refractivity contribution in [3.05, 3.63) is 35.5 Å². The Bertz CT molecular complexity index is 2970. The third-order valence-corrected chi connectivity index (χ3v) is 22.6. The molecule has 7 aliphatic carbocycles. The number of hydrogen-bond acceptors (Lipinski definition) is 27. The number of carbonyl (C=O) groups excluding carboxylic acids is 8. The fourth-order valence-corrected chi connectivity index (χ4v) is 14.1. The molecular formula is C69H102O27. The average Bonchev–Trinajstić information content (AvgIpc) is 1.68. The second-order valence-electron chi connectivity index (χ2n) is 28.9. The van der Waals surface area contributed by atoms with Gasteiger partial charge in [0, 0.05) is 124 Å². The molecule has 27 heteroatoms. The maximum atomic E-state index is 11.9. The van der Waals surface area contributed by atoms with E-state index in [0.29, 0.717) is 50.9 Å². The van der Waals surface area contributed by atoms with E-state index in [9.17, 15) is 38.4 Å². The molecule has 14 rings (SSSR count). The summed E-state index contributed by atoms with van der Waals surface area (Å²) >= 11 is 0. The van der Waals surface area contributed by atoms with Crippen molar-refractivity contribution in [2.24, 2.45) is 17.8 Å². The van der Waals surface area contributed by atoms with Gasteiger partial charge in [0.2, 0.25) is 11.6 Å². The standard InChI is InChI=1S/C12H18O6.2C11H16O4.C10H16O5.C10H14O2.C8H12O3.C7H10O3/c1-7(13)17-18-12(3,15-4)8-5-9(14)11(2)10(6-8)16-11;2*1-11-7(5-10(12)14-3)4-8(13-2)6-9(11)15-11;1-9-7(11)4-6(5-8(9)14-9)10(2,13-3)15-12;1-6(2)7-4-8(11)10(3)9(5-7)12-10;1-8-6(9)3-5(10-2)4-7(8)11-8;1-7-5(9)2-4(8)3-6(7)10-7/h8,10H,5-6H2,1-4H3;2*5,8-9H,4,6H2,1-3H3;6,8,12H,4-5H2,1-3H3;7,9H,1,4-5H2,2-3H3;5,7H,3-4H2,1-2H3;4,6,8H,2-3H2,1H3/b;7-5+;7-5-;;;;/t8-,10?,11-,12?;2*8?,9?,11-;6-,8?,9-,10?;7-,9+,10-;5?,7?,8-;4-,6+,7-/m1111111/s1. The number of epoxide rings is 7. The molecule has 7 saturated heterocycles. The lowest BCUT2D eigenvalue weighted by atomic mass is 9.78. The van der Waals surface area contributed by atoms with Crippen molar-refractivity contribution in [1.29, 1.82) is 0 Å². The largest absolute Gasteiger partial charge is 0.466 e. The summed E-state index contributed by atoms with van der Waals surface area (Å²) in [6.07, 6.45) is 12.7. The van der Waals surface area contributed by atoms with Gasteiger partial charge in [-0.1, -0.05) is 12.2 Å². The molecule has 0 aromatic carbocycles. The number of methoxy groups -OCH3 is 7. The summed E-state index contributed by atoms with van der Waals surface area (Å²) < 4.78 is 73.1. The number of ether oxygens (including phenoxy) is 14. The zero-order chi connectivity index (χ0) is 71.3. The zero-order valence-corrected chi connectivity index (χ0v) is 58.9. The number of fused-ring (bicyclic) bond motifs is 7. The maximum absolute atomic E-state index is 11.9. The number of hydrogen-bond donors (Lipinski definition) is 2. The lowest BCUT2D eigenvalue weighted by Crippen LogP contribution is -2.46. The SMILES string of the molecule is C=C(C)[C@@H]1CC(=O)[C@@]2(C)O[C@H]2C1.COC(=O)/C=C1/CC(OC)CC2O[C@]12C.COC(=O)/C=C1\CC(OC)CC2O[C@]12C.COC(C)(OO)[C@@H]1CC(=O)[C@@]2(C)OC2C1.COC(C)(OOC(C)=O)[C@@H]1CC(=O)[C@@]2(C)OC2C1.COC1CC(=O)[C@@]2(C)OC2C1.C[C@]12O[C@H]1C[C@H](O)CC2=O. The van der Waals surface area contributed by atoms with Gasteiger partial charge in [-0.25, -0.2) is 24.5 Å². The smallest absolute Gasteiger partial charge is 0.339 e. The van der Waals surface area contributed by atoms with Crippen LogP contribution in [0.5, 0.6) is 0 Å². The summed E-state index contributed by atoms with van der Waals surface area (Å²) in [6.45, 7) is 23.6. The number of allylic oxidation sites excluding steroid dienone is 1. The van der Waals surface area contributed by atoms with E-state index in [1.807, 2.05) is 34.6 Å². The molecule has 0 aromatic heterocycles. The van der Waals surface area contributed by atoms with Gasteiger partial charge >= 0.3 is 17.9 Å². The molecule has 23 atom stereocenters. The first-order chi connectivity index (χ1) is 44.8. The molecule has 27 nitrogen and oxygen atoms in total. The van der Waals surface area contributed by atoms with Crippen molar-refractivity contribution < 1.29 is 130 Å². The quantitative estimate of drug-likeness (QED) is 0.0397. The second kappa shape index (κ2) is 29.1. The van der Waals surface area contributed by atoms with Gasteiger partial charge in [0.05, 0.1) is 81.4 Å². The first-order valence-electron chi connectivity index (χ1n) is 33.0. The van der Waals surface area contributed by atoms with Gasteiger partial charge in [0.1, 0.15) is 39.2 Å². The van der Waals surface area contributed by atoms with Crippen LogP contribution in [0.15, 0.2) is 35.5 Å². The molecule has 14 fully saturated rings. The van der Waals surface area contributed by atoms with Crippen molar-refractivity contribution in [3.63, 3.8) is 0 Å². The summed E-state index contributed by atoms with van der Waals surface area (Å²) in [5.74, 6) is -2.86. The molecule has 0 amide bonds. The van der Waals surface area contributed by atoms with E-state index in [2.05, 4.69) is 25.8 Å². The Morgan fingerprint density at radius 2 is 0.781 bits per heavy atom. The summed E-state index contributed by atoms with van der Waals surface area (Å²) in [6, 6.07) is 0. The summed E-state index contributed by atoms with van der Waals surface area (Å²) in [5, 5.41) is 17.9. The Balaban J connectivity index is 0.000000144. The predicted octanol–water partition coefficient (Wildman–Crippen LogP) is 6.15. The molecule has 7 heterocycles. The molecule has 540 valence electrons. The fourth-order valence-electron chi connectivity index (χ4n) is 14.1. The van der Waals surface area contributed by atoms with Gasteiger partial charge in [0.25, 0.3) is 0 Å². The number of esters is 2. The van der Waals surface area contributed by atoms with Gasteiger partial charge in [-0.2, -0.15) is 0 Å². The Hall–Kier alpha value is -4.66. The number of aliphatic hydroxyl groups excluding tert-OH is 1. The van der Waals surface area contributed by atoms with Crippen LogP contribution in [0.25, 0.3) is 0 Å². The minimum atomic E-state index is -1.13. The van der Waals surface area contributed by atoms with Gasteiger partial charge in [-0.3, -0.25) is 28.9 Å². The van der Waals surface area contributed by atoms with E-state index in [1.165, 1.54) is 47.5 Å². The lowest BCUT2D eigenvalue weighted by molar-refractivity contribution is -0.409. The van der Waals surface area contributed by atoms with E-state index in [0.717, 1.165) is 55.2 Å². The van der Waals surface area contributed by atoms with Gasteiger partial charge in [0.15, 0.2) is 28.9 Å². The van der Waals surface area contributed by atoms with Crippen molar-refractivity contribution >= 4 is 46.8 Å². The van der Waals surface area contributed by atoms with Crippen molar-refractivity contribution in [2.75, 3.05) is 49.8 Å². The lowest BCUT2D eigenvalue weighted by Gasteiger charge is -2.35. The number of Topliss-reactive ketones (excluding diaryl/α,β-unsaturated/α-hetero) is 5. The molecule has 96 heavy (non-hydrogen) atoms. The maximum Gasteiger partial charge on any atom is 0.339 e. The summed E-state index contributed by atoms with van der Waals surface area (Å²) in [7, 11) is 10.7. The van der Waals surface area contributed by atoms with Crippen LogP contribution in [0.4, 0.5) is 0 Å². The molecule has 7 aliphatic heterocycles. The topological polar surface area (TPSA) is 357 Å². The highest BCUT2D eigenvalue weighted by Gasteiger charge is 2.67. The number of ketones is 5.